The summed E-state index contributed by atoms with van der Waals surface area (Å²) in [6, 6.07) is 24.0. The highest BCUT2D eigenvalue weighted by atomic mass is 16.3. The van der Waals surface area contributed by atoms with Gasteiger partial charge >= 0.3 is 0 Å². The van der Waals surface area contributed by atoms with Crippen LogP contribution < -0.4 is 0 Å². The third kappa shape index (κ3) is 2.73. The number of furan rings is 1. The molecule has 0 aliphatic heterocycles. The fourth-order valence-corrected chi connectivity index (χ4v) is 3.15. The van der Waals surface area contributed by atoms with E-state index in [0.29, 0.717) is 29.1 Å². The van der Waals surface area contributed by atoms with Crippen molar-refractivity contribution in [3.05, 3.63) is 82.9 Å². The van der Waals surface area contributed by atoms with E-state index in [1.54, 1.807) is 0 Å². The summed E-state index contributed by atoms with van der Waals surface area (Å²) in [5, 5.41) is 18.9. The number of fused-ring (bicyclic) bond motifs is 1. The van der Waals surface area contributed by atoms with Crippen molar-refractivity contribution in [2.45, 2.75) is 6.42 Å². The van der Waals surface area contributed by atoms with Crippen LogP contribution in [-0.4, -0.2) is 0 Å². The molecule has 0 fully saturated rings. The van der Waals surface area contributed by atoms with Gasteiger partial charge in [0, 0.05) is 39.8 Å². The van der Waals surface area contributed by atoms with E-state index in [9.17, 15) is 10.5 Å². The first kappa shape index (κ1) is 15.7. The quantitative estimate of drug-likeness (QED) is 0.592. The number of benzene rings is 2. The average molecular weight is 334 g/mol. The third-order valence-electron chi connectivity index (χ3n) is 4.36. The molecule has 1 aliphatic carbocycles. The highest BCUT2D eigenvalue weighted by Crippen LogP contribution is 2.41. The monoisotopic (exact) mass is 334 g/mol. The van der Waals surface area contributed by atoms with Crippen LogP contribution in [0.3, 0.4) is 0 Å². The van der Waals surface area contributed by atoms with Crippen molar-refractivity contribution in [3.8, 4) is 34.8 Å². The Hall–Kier alpha value is -3.82. The van der Waals surface area contributed by atoms with Crippen molar-refractivity contribution in [1.82, 2.24) is 0 Å². The van der Waals surface area contributed by atoms with Gasteiger partial charge in [0.25, 0.3) is 0 Å². The molecule has 1 aromatic heterocycles. The van der Waals surface area contributed by atoms with Gasteiger partial charge in [-0.3, -0.25) is 0 Å². The molecular formula is C23H14N2O. The lowest BCUT2D eigenvalue weighted by Crippen LogP contribution is -1.82. The lowest BCUT2D eigenvalue weighted by Gasteiger charge is -2.00. The summed E-state index contributed by atoms with van der Waals surface area (Å²) in [5.41, 5.74) is 4.67. The molecule has 1 aliphatic rings. The van der Waals surface area contributed by atoms with Crippen LogP contribution in [0.25, 0.3) is 34.8 Å². The molecule has 26 heavy (non-hydrogen) atoms. The van der Waals surface area contributed by atoms with E-state index in [2.05, 4.69) is 12.1 Å². The van der Waals surface area contributed by atoms with Crippen LogP contribution in [0.2, 0.25) is 0 Å². The molecule has 2 aromatic carbocycles. The molecule has 3 heteroatoms. The van der Waals surface area contributed by atoms with Crippen molar-refractivity contribution in [2.75, 3.05) is 0 Å². The minimum absolute atomic E-state index is 0.337. The molecule has 0 atom stereocenters. The third-order valence-corrected chi connectivity index (χ3v) is 4.36. The maximum Gasteiger partial charge on any atom is 0.142 e. The molecule has 0 saturated heterocycles. The summed E-state index contributed by atoms with van der Waals surface area (Å²) in [4.78, 5) is 0. The van der Waals surface area contributed by atoms with Gasteiger partial charge in [-0.1, -0.05) is 60.7 Å². The van der Waals surface area contributed by atoms with Gasteiger partial charge in [-0.15, -0.1) is 0 Å². The predicted molar refractivity (Wildman–Crippen MR) is 101 cm³/mol. The summed E-state index contributed by atoms with van der Waals surface area (Å²) in [6.07, 6.45) is 4.02. The Morgan fingerprint density at radius 1 is 0.654 bits per heavy atom. The Morgan fingerprint density at radius 3 is 1.46 bits per heavy atom. The Balaban J connectivity index is 2.05. The van der Waals surface area contributed by atoms with Gasteiger partial charge in [0.05, 0.1) is 12.1 Å². The summed E-state index contributed by atoms with van der Waals surface area (Å²) in [5.74, 6) is 1.42. The Kier molecular flexibility index (Phi) is 3.98. The molecule has 0 N–H and O–H groups in total. The summed E-state index contributed by atoms with van der Waals surface area (Å²) >= 11 is 0. The average Bonchev–Trinajstić information content (AvgIpc) is 2.94. The molecule has 0 spiro atoms. The molecule has 3 aromatic rings. The first-order chi connectivity index (χ1) is 12.8. The molecule has 122 valence electrons. The number of hydrogen-bond donors (Lipinski definition) is 0. The highest BCUT2D eigenvalue weighted by molar-refractivity contribution is 5.89. The lowest BCUT2D eigenvalue weighted by atomic mass is 10.0. The molecule has 0 bridgehead atoms. The first-order valence-corrected chi connectivity index (χ1v) is 8.29. The van der Waals surface area contributed by atoms with Crippen LogP contribution in [0.1, 0.15) is 17.5 Å². The molecule has 0 unspecified atom stereocenters. The van der Waals surface area contributed by atoms with Crippen LogP contribution >= 0.6 is 0 Å². The van der Waals surface area contributed by atoms with E-state index >= 15 is 0 Å². The summed E-state index contributed by atoms with van der Waals surface area (Å²) < 4.78 is 6.27. The van der Waals surface area contributed by atoms with E-state index in [1.807, 2.05) is 72.8 Å². The molecule has 1 heterocycles. The Labute approximate surface area is 151 Å². The second-order valence-electron chi connectivity index (χ2n) is 6.06. The van der Waals surface area contributed by atoms with Gasteiger partial charge in [-0.2, -0.15) is 10.5 Å². The van der Waals surface area contributed by atoms with Crippen LogP contribution in [0.15, 0.2) is 76.2 Å². The molecule has 4 rings (SSSR count). The predicted octanol–water partition coefficient (Wildman–Crippen LogP) is 5.83. The van der Waals surface area contributed by atoms with E-state index in [0.717, 1.165) is 22.3 Å². The zero-order valence-electron chi connectivity index (χ0n) is 13.9. The number of rotatable bonds is 2. The van der Waals surface area contributed by atoms with Crippen LogP contribution in [0.5, 0.6) is 0 Å². The second kappa shape index (κ2) is 6.59. The topological polar surface area (TPSA) is 60.7 Å². The number of allylic oxidation sites excluding steroid dienone is 2. The zero-order valence-corrected chi connectivity index (χ0v) is 13.9. The largest absolute Gasteiger partial charge is 0.455 e. The van der Waals surface area contributed by atoms with Gasteiger partial charge < -0.3 is 4.42 Å². The van der Waals surface area contributed by atoms with E-state index in [-0.39, 0.29) is 0 Å². The van der Waals surface area contributed by atoms with Gasteiger partial charge in [0.2, 0.25) is 0 Å². The fraction of sp³-hybridized carbons (Fsp3) is 0.0435. The first-order valence-electron chi connectivity index (χ1n) is 8.29. The van der Waals surface area contributed by atoms with Crippen molar-refractivity contribution in [2.24, 2.45) is 0 Å². The van der Waals surface area contributed by atoms with Gasteiger partial charge in [-0.25, -0.2) is 0 Å². The fourth-order valence-electron chi connectivity index (χ4n) is 3.15. The van der Waals surface area contributed by atoms with E-state index in [4.69, 9.17) is 4.42 Å². The number of nitrogens with zero attached hydrogens (tertiary/aromatic N) is 2. The molecule has 0 radical (unpaired) electrons. The minimum atomic E-state index is 0.337. The lowest BCUT2D eigenvalue weighted by molar-refractivity contribution is 0.596. The zero-order chi connectivity index (χ0) is 17.9. The minimum Gasteiger partial charge on any atom is -0.455 e. The molecule has 0 saturated carbocycles. The van der Waals surface area contributed by atoms with Crippen molar-refractivity contribution < 1.29 is 4.42 Å². The maximum absolute atomic E-state index is 9.45. The van der Waals surface area contributed by atoms with Crippen molar-refractivity contribution in [3.63, 3.8) is 0 Å². The summed E-state index contributed by atoms with van der Waals surface area (Å²) in [7, 11) is 0. The second-order valence-corrected chi connectivity index (χ2v) is 6.06. The Morgan fingerprint density at radius 2 is 1.08 bits per heavy atom. The van der Waals surface area contributed by atoms with Crippen molar-refractivity contribution in [1.29, 1.82) is 10.5 Å². The number of hydrogen-bond acceptors (Lipinski definition) is 3. The number of nitriles is 2. The van der Waals surface area contributed by atoms with Crippen LogP contribution in [-0.2, 0) is 0 Å². The Bertz CT molecular complexity index is 1020. The highest BCUT2D eigenvalue weighted by Gasteiger charge is 2.23. The molecule has 0 amide bonds. The molecular weight excluding hydrogens is 320 g/mol. The molecule has 3 nitrogen and oxygen atoms in total. The summed E-state index contributed by atoms with van der Waals surface area (Å²) in [6.45, 7) is 0. The normalized spacial score (nSPS) is 12.8. The van der Waals surface area contributed by atoms with Gasteiger partial charge in [0.15, 0.2) is 0 Å². The maximum atomic E-state index is 9.45. The van der Waals surface area contributed by atoms with Crippen LogP contribution in [0, 0.1) is 22.7 Å². The van der Waals surface area contributed by atoms with E-state index in [1.165, 1.54) is 0 Å². The smallest absolute Gasteiger partial charge is 0.142 e. The van der Waals surface area contributed by atoms with Gasteiger partial charge in [-0.05, 0) is 12.2 Å². The standard InChI is InChI=1S/C23H14N2O/c24-14-16-11-17(15-25)13-21-20(12-16)22(18-7-3-1-4-8-18)26-23(21)19-9-5-2-6-10-19/h1-10,12-13H,11H2. The SMILES string of the molecule is N#CC1=Cc2c(-c3ccccc3)oc(-c3ccccc3)c2C=C(C#N)C1. The van der Waals surface area contributed by atoms with Crippen molar-refractivity contribution >= 4 is 12.2 Å². The van der Waals surface area contributed by atoms with Crippen LogP contribution in [0.4, 0.5) is 0 Å². The van der Waals surface area contributed by atoms with Gasteiger partial charge in [0.1, 0.15) is 11.5 Å². The van der Waals surface area contributed by atoms with E-state index < -0.39 is 0 Å².